The van der Waals surface area contributed by atoms with Crippen molar-refractivity contribution in [2.24, 2.45) is 0 Å². The van der Waals surface area contributed by atoms with Gasteiger partial charge >= 0.3 is 0 Å². The van der Waals surface area contributed by atoms with Gasteiger partial charge in [0.25, 0.3) is 5.91 Å². The number of carbonyl (C=O) groups is 1. The highest BCUT2D eigenvalue weighted by Gasteiger charge is 2.22. The predicted molar refractivity (Wildman–Crippen MR) is 41.5 cm³/mol. The second-order valence-electron chi connectivity index (χ2n) is 2.46. The van der Waals surface area contributed by atoms with Gasteiger partial charge in [-0.25, -0.2) is 4.98 Å². The predicted octanol–water partition coefficient (Wildman–Crippen LogP) is 0.789. The lowest BCUT2D eigenvalue weighted by atomic mass is 10.2. The van der Waals surface area contributed by atoms with E-state index in [1.807, 2.05) is 4.90 Å². The molecule has 1 saturated heterocycles. The molecular weight excluding hydrogens is 160 g/mol. The topological polar surface area (TPSA) is 33.2 Å². The molecule has 0 bridgehead atoms. The van der Waals surface area contributed by atoms with Crippen LogP contribution in [0.4, 0.5) is 0 Å². The van der Waals surface area contributed by atoms with Crippen molar-refractivity contribution in [1.29, 1.82) is 0 Å². The molecule has 0 unspecified atom stereocenters. The average Bonchev–Trinajstić information content (AvgIpc) is 2.32. The smallest absolute Gasteiger partial charge is 0.265 e. The lowest BCUT2D eigenvalue weighted by molar-refractivity contribution is 0.0656. The molecule has 0 atom stereocenters. The maximum atomic E-state index is 11.4. The van der Waals surface area contributed by atoms with E-state index in [0.717, 1.165) is 19.5 Å². The molecule has 1 fully saturated rings. The first kappa shape index (κ1) is 6.79. The van der Waals surface area contributed by atoms with Gasteiger partial charge in [-0.2, -0.15) is 0 Å². The van der Waals surface area contributed by atoms with Crippen LogP contribution in [0.2, 0.25) is 0 Å². The molecule has 1 radical (unpaired) electrons. The van der Waals surface area contributed by atoms with Gasteiger partial charge in [0.15, 0.2) is 5.51 Å². The number of hydrogen-bond donors (Lipinski definition) is 0. The van der Waals surface area contributed by atoms with Crippen LogP contribution in [0, 0.1) is 5.51 Å². The Morgan fingerprint density at radius 2 is 2.55 bits per heavy atom. The van der Waals surface area contributed by atoms with Crippen LogP contribution in [-0.4, -0.2) is 28.9 Å². The highest BCUT2D eigenvalue weighted by atomic mass is 32.1. The van der Waals surface area contributed by atoms with E-state index in [4.69, 9.17) is 0 Å². The molecule has 0 aliphatic carbocycles. The van der Waals surface area contributed by atoms with Crippen molar-refractivity contribution in [1.82, 2.24) is 9.88 Å². The van der Waals surface area contributed by atoms with Crippen LogP contribution < -0.4 is 0 Å². The highest BCUT2D eigenvalue weighted by Crippen LogP contribution is 2.14. The summed E-state index contributed by atoms with van der Waals surface area (Å²) in [4.78, 5) is 17.6. The van der Waals surface area contributed by atoms with E-state index in [1.54, 1.807) is 6.20 Å². The summed E-state index contributed by atoms with van der Waals surface area (Å²) in [5.74, 6) is 0.106. The number of carbonyl (C=O) groups excluding carboxylic acids is 1. The van der Waals surface area contributed by atoms with Crippen LogP contribution in [-0.2, 0) is 0 Å². The number of thiazole rings is 1. The Balaban J connectivity index is 2.10. The molecule has 1 amide bonds. The van der Waals surface area contributed by atoms with Gasteiger partial charge in [-0.15, -0.1) is 11.3 Å². The first-order chi connectivity index (χ1) is 5.38. The summed E-state index contributed by atoms with van der Waals surface area (Å²) in [7, 11) is 0. The zero-order valence-electron chi connectivity index (χ0n) is 5.91. The van der Waals surface area contributed by atoms with Crippen LogP contribution in [0.1, 0.15) is 16.1 Å². The molecule has 57 valence electrons. The number of nitrogens with zero attached hydrogens (tertiary/aromatic N) is 2. The van der Waals surface area contributed by atoms with E-state index in [2.05, 4.69) is 10.5 Å². The lowest BCUT2D eigenvalue weighted by Crippen LogP contribution is -2.41. The van der Waals surface area contributed by atoms with Gasteiger partial charge in [0.1, 0.15) is 4.88 Å². The third kappa shape index (κ3) is 1.14. The van der Waals surface area contributed by atoms with E-state index in [0.29, 0.717) is 4.88 Å². The van der Waals surface area contributed by atoms with Gasteiger partial charge < -0.3 is 4.90 Å². The minimum Gasteiger partial charge on any atom is -0.338 e. The summed E-state index contributed by atoms with van der Waals surface area (Å²) < 4.78 is 0. The minimum atomic E-state index is 0.106. The number of rotatable bonds is 1. The molecule has 0 saturated carbocycles. The molecule has 2 heterocycles. The fourth-order valence-corrected chi connectivity index (χ4v) is 1.49. The Morgan fingerprint density at radius 1 is 1.73 bits per heavy atom. The van der Waals surface area contributed by atoms with E-state index in [-0.39, 0.29) is 5.91 Å². The molecule has 1 aromatic rings. The van der Waals surface area contributed by atoms with Crippen molar-refractivity contribution in [2.45, 2.75) is 6.42 Å². The SMILES string of the molecule is O=C(c1cn[c]s1)N1CCC1. The van der Waals surface area contributed by atoms with Crippen molar-refractivity contribution in [3.05, 3.63) is 16.6 Å². The number of hydrogen-bond acceptors (Lipinski definition) is 3. The largest absolute Gasteiger partial charge is 0.338 e. The Morgan fingerprint density at radius 3 is 3.00 bits per heavy atom. The second-order valence-corrected chi connectivity index (χ2v) is 3.29. The molecule has 0 spiro atoms. The lowest BCUT2D eigenvalue weighted by Gasteiger charge is -2.30. The molecule has 2 rings (SSSR count). The van der Waals surface area contributed by atoms with Gasteiger partial charge in [-0.3, -0.25) is 4.79 Å². The van der Waals surface area contributed by atoms with E-state index < -0.39 is 0 Å². The Bertz CT molecular complexity index is 253. The number of amides is 1. The zero-order chi connectivity index (χ0) is 7.68. The first-order valence-corrected chi connectivity index (χ1v) is 4.31. The maximum Gasteiger partial charge on any atom is 0.265 e. The Hall–Kier alpha value is -0.900. The van der Waals surface area contributed by atoms with Crippen LogP contribution in [0.25, 0.3) is 0 Å². The number of aromatic nitrogens is 1. The fourth-order valence-electron chi connectivity index (χ4n) is 0.961. The van der Waals surface area contributed by atoms with Gasteiger partial charge in [0.05, 0.1) is 6.20 Å². The minimum absolute atomic E-state index is 0.106. The number of likely N-dealkylation sites (tertiary alicyclic amines) is 1. The third-order valence-corrected chi connectivity index (χ3v) is 2.44. The second kappa shape index (κ2) is 2.62. The molecule has 1 aromatic heterocycles. The van der Waals surface area contributed by atoms with Crippen molar-refractivity contribution in [3.63, 3.8) is 0 Å². The molecule has 1 aliphatic rings. The Labute approximate surface area is 68.7 Å². The highest BCUT2D eigenvalue weighted by molar-refractivity contribution is 7.11. The summed E-state index contributed by atoms with van der Waals surface area (Å²) in [6, 6.07) is 0. The first-order valence-electron chi connectivity index (χ1n) is 3.49. The van der Waals surface area contributed by atoms with E-state index >= 15 is 0 Å². The summed E-state index contributed by atoms with van der Waals surface area (Å²) in [5.41, 5.74) is 2.66. The van der Waals surface area contributed by atoms with Gasteiger partial charge in [-0.05, 0) is 6.42 Å². The van der Waals surface area contributed by atoms with E-state index in [9.17, 15) is 4.79 Å². The standard InChI is InChI=1S/C7H7N2OS/c10-7(9-2-1-3-9)6-4-8-5-11-6/h4H,1-3H2. The Kier molecular flexibility index (Phi) is 1.62. The summed E-state index contributed by atoms with van der Waals surface area (Å²) in [6.45, 7) is 1.80. The van der Waals surface area contributed by atoms with Crippen molar-refractivity contribution in [3.8, 4) is 0 Å². The van der Waals surface area contributed by atoms with Crippen molar-refractivity contribution in [2.75, 3.05) is 13.1 Å². The molecule has 0 aromatic carbocycles. The van der Waals surface area contributed by atoms with Gasteiger partial charge in [-0.1, -0.05) is 0 Å². The quantitative estimate of drug-likeness (QED) is 0.619. The van der Waals surface area contributed by atoms with E-state index in [1.165, 1.54) is 11.3 Å². The monoisotopic (exact) mass is 167 g/mol. The summed E-state index contributed by atoms with van der Waals surface area (Å²) >= 11 is 1.28. The molecule has 3 nitrogen and oxygen atoms in total. The van der Waals surface area contributed by atoms with Gasteiger partial charge in [0.2, 0.25) is 0 Å². The maximum absolute atomic E-state index is 11.4. The van der Waals surface area contributed by atoms with Crippen molar-refractivity contribution >= 4 is 17.2 Å². The van der Waals surface area contributed by atoms with Crippen LogP contribution in [0.3, 0.4) is 0 Å². The summed E-state index contributed by atoms with van der Waals surface area (Å²) in [6.07, 6.45) is 2.71. The zero-order valence-corrected chi connectivity index (χ0v) is 6.73. The average molecular weight is 167 g/mol. The molecule has 1 aliphatic heterocycles. The third-order valence-electron chi connectivity index (χ3n) is 1.74. The van der Waals surface area contributed by atoms with Crippen LogP contribution in [0.5, 0.6) is 0 Å². The fraction of sp³-hybridized carbons (Fsp3) is 0.429. The normalized spacial score (nSPS) is 16.2. The van der Waals surface area contributed by atoms with Crippen LogP contribution in [0.15, 0.2) is 6.20 Å². The van der Waals surface area contributed by atoms with Crippen LogP contribution >= 0.6 is 11.3 Å². The molecular formula is C7H7N2OS. The molecule has 11 heavy (non-hydrogen) atoms. The summed E-state index contributed by atoms with van der Waals surface area (Å²) in [5, 5.41) is 0. The molecule has 0 N–H and O–H groups in total. The van der Waals surface area contributed by atoms with Crippen molar-refractivity contribution < 1.29 is 4.79 Å². The molecule has 4 heteroatoms. The van der Waals surface area contributed by atoms with Gasteiger partial charge in [0, 0.05) is 13.1 Å².